The second-order valence-corrected chi connectivity index (χ2v) is 5.29. The Morgan fingerprint density at radius 2 is 1.79 bits per heavy atom. The monoisotopic (exact) mass is 261 g/mol. The molecule has 1 aromatic carbocycles. The molecule has 0 saturated heterocycles. The van der Waals surface area contributed by atoms with Crippen molar-refractivity contribution in [3.63, 3.8) is 0 Å². The van der Waals surface area contributed by atoms with Crippen LogP contribution in [0.4, 0.5) is 0 Å². The van der Waals surface area contributed by atoms with Crippen LogP contribution in [0.3, 0.4) is 0 Å². The van der Waals surface area contributed by atoms with Gasteiger partial charge in [0.15, 0.2) is 6.29 Å². The Kier molecular flexibility index (Phi) is 5.28. The van der Waals surface area contributed by atoms with E-state index in [1.54, 1.807) is 17.0 Å². The van der Waals surface area contributed by atoms with Crippen molar-refractivity contribution in [1.82, 2.24) is 4.90 Å². The van der Waals surface area contributed by atoms with E-state index in [4.69, 9.17) is 0 Å². The van der Waals surface area contributed by atoms with Gasteiger partial charge in [0.2, 0.25) is 0 Å². The van der Waals surface area contributed by atoms with Crippen LogP contribution in [0, 0.1) is 0 Å². The highest BCUT2D eigenvalue weighted by molar-refractivity contribution is 6.01. The second kappa shape index (κ2) is 6.50. The second-order valence-electron chi connectivity index (χ2n) is 5.29. The summed E-state index contributed by atoms with van der Waals surface area (Å²) in [5.41, 5.74) is 2.05. The van der Waals surface area contributed by atoms with Crippen molar-refractivity contribution in [1.29, 1.82) is 0 Å². The molecular formula is C16H23NO2. The Morgan fingerprint density at radius 3 is 2.21 bits per heavy atom. The first-order chi connectivity index (χ1) is 8.92. The van der Waals surface area contributed by atoms with Gasteiger partial charge >= 0.3 is 0 Å². The van der Waals surface area contributed by atoms with Crippen LogP contribution in [-0.2, 0) is 6.42 Å². The highest BCUT2D eigenvalue weighted by Gasteiger charge is 2.23. The topological polar surface area (TPSA) is 37.4 Å². The first kappa shape index (κ1) is 15.4. The minimum Gasteiger partial charge on any atom is -0.334 e. The van der Waals surface area contributed by atoms with Crippen LogP contribution in [0.15, 0.2) is 18.2 Å². The van der Waals surface area contributed by atoms with E-state index >= 15 is 0 Å². The van der Waals surface area contributed by atoms with Crippen molar-refractivity contribution in [3.05, 3.63) is 34.9 Å². The Hall–Kier alpha value is -1.64. The summed E-state index contributed by atoms with van der Waals surface area (Å²) >= 11 is 0. The van der Waals surface area contributed by atoms with Crippen LogP contribution >= 0.6 is 0 Å². The lowest BCUT2D eigenvalue weighted by Gasteiger charge is -2.31. The molecule has 0 bridgehead atoms. The van der Waals surface area contributed by atoms with Gasteiger partial charge in [-0.2, -0.15) is 0 Å². The number of amides is 1. The van der Waals surface area contributed by atoms with E-state index in [0.29, 0.717) is 11.1 Å². The number of rotatable bonds is 5. The standard InChI is InChI=1S/C16H23NO2/c1-6-13-7-8-15(14(9-13)10-18)16(19)17(11(2)3)12(4)5/h7-12H,6H2,1-5H3. The molecule has 0 aliphatic carbocycles. The van der Waals surface area contributed by atoms with Crippen molar-refractivity contribution < 1.29 is 9.59 Å². The van der Waals surface area contributed by atoms with Crippen molar-refractivity contribution in [2.24, 2.45) is 0 Å². The molecule has 0 fully saturated rings. The lowest BCUT2D eigenvalue weighted by Crippen LogP contribution is -2.42. The molecule has 0 heterocycles. The molecule has 3 heteroatoms. The summed E-state index contributed by atoms with van der Waals surface area (Å²) in [7, 11) is 0. The molecule has 19 heavy (non-hydrogen) atoms. The Morgan fingerprint density at radius 1 is 1.21 bits per heavy atom. The van der Waals surface area contributed by atoms with Crippen molar-refractivity contribution in [2.45, 2.75) is 53.1 Å². The minimum atomic E-state index is -0.0743. The molecule has 0 saturated carbocycles. The molecule has 104 valence electrons. The van der Waals surface area contributed by atoms with E-state index in [1.165, 1.54) is 0 Å². The predicted molar refractivity (Wildman–Crippen MR) is 77.6 cm³/mol. The molecule has 0 aliphatic rings. The molecule has 0 spiro atoms. The molecule has 1 aromatic rings. The molecule has 1 amide bonds. The number of hydrogen-bond acceptors (Lipinski definition) is 2. The molecule has 3 nitrogen and oxygen atoms in total. The fraction of sp³-hybridized carbons (Fsp3) is 0.500. The van der Waals surface area contributed by atoms with E-state index in [9.17, 15) is 9.59 Å². The normalized spacial score (nSPS) is 10.9. The third-order valence-corrected chi connectivity index (χ3v) is 3.23. The smallest absolute Gasteiger partial charge is 0.255 e. The zero-order chi connectivity index (χ0) is 14.6. The average molecular weight is 261 g/mol. The van der Waals surface area contributed by atoms with Gasteiger partial charge in [-0.1, -0.05) is 13.0 Å². The highest BCUT2D eigenvalue weighted by Crippen LogP contribution is 2.17. The zero-order valence-electron chi connectivity index (χ0n) is 12.4. The molecular weight excluding hydrogens is 238 g/mol. The summed E-state index contributed by atoms with van der Waals surface area (Å²) in [6.45, 7) is 9.97. The Bertz CT molecular complexity index is 456. The summed E-state index contributed by atoms with van der Waals surface area (Å²) in [5, 5.41) is 0. The number of aryl methyl sites for hydroxylation is 1. The largest absolute Gasteiger partial charge is 0.334 e. The van der Waals surface area contributed by atoms with E-state index in [2.05, 4.69) is 0 Å². The van der Waals surface area contributed by atoms with Crippen LogP contribution in [-0.4, -0.2) is 29.2 Å². The van der Waals surface area contributed by atoms with Gasteiger partial charge in [-0.15, -0.1) is 0 Å². The van der Waals surface area contributed by atoms with E-state index in [-0.39, 0.29) is 18.0 Å². The molecule has 1 rings (SSSR count). The SMILES string of the molecule is CCc1ccc(C(=O)N(C(C)C)C(C)C)c(C=O)c1. The maximum absolute atomic E-state index is 12.6. The highest BCUT2D eigenvalue weighted by atomic mass is 16.2. The fourth-order valence-electron chi connectivity index (χ4n) is 2.33. The van der Waals surface area contributed by atoms with E-state index < -0.39 is 0 Å². The van der Waals surface area contributed by atoms with Gasteiger partial charge in [-0.25, -0.2) is 0 Å². The number of hydrogen-bond donors (Lipinski definition) is 0. The van der Waals surface area contributed by atoms with Gasteiger partial charge in [-0.05, 0) is 51.8 Å². The van der Waals surface area contributed by atoms with Gasteiger partial charge in [0.25, 0.3) is 5.91 Å². The molecule has 0 N–H and O–H groups in total. The van der Waals surface area contributed by atoms with Gasteiger partial charge in [0.05, 0.1) is 5.56 Å². The number of nitrogens with zero attached hydrogens (tertiary/aromatic N) is 1. The van der Waals surface area contributed by atoms with Gasteiger partial charge < -0.3 is 4.90 Å². The number of carbonyl (C=O) groups excluding carboxylic acids is 2. The number of carbonyl (C=O) groups is 2. The van der Waals surface area contributed by atoms with E-state index in [0.717, 1.165) is 18.3 Å². The van der Waals surface area contributed by atoms with E-state index in [1.807, 2.05) is 40.7 Å². The van der Waals surface area contributed by atoms with Crippen LogP contribution < -0.4 is 0 Å². The molecule has 0 radical (unpaired) electrons. The lowest BCUT2D eigenvalue weighted by molar-refractivity contribution is 0.0641. The average Bonchev–Trinajstić information content (AvgIpc) is 2.36. The maximum atomic E-state index is 12.6. The molecule has 0 atom stereocenters. The summed E-state index contributed by atoms with van der Waals surface area (Å²) in [6, 6.07) is 5.71. The third kappa shape index (κ3) is 3.43. The van der Waals surface area contributed by atoms with Gasteiger partial charge in [0, 0.05) is 17.6 Å². The third-order valence-electron chi connectivity index (χ3n) is 3.23. The van der Waals surface area contributed by atoms with Gasteiger partial charge in [-0.3, -0.25) is 9.59 Å². The Balaban J connectivity index is 3.21. The minimum absolute atomic E-state index is 0.0743. The predicted octanol–water partition coefficient (Wildman–Crippen LogP) is 3.32. The van der Waals surface area contributed by atoms with Crippen LogP contribution in [0.5, 0.6) is 0 Å². The Labute approximate surface area is 115 Å². The summed E-state index contributed by atoms with van der Waals surface area (Å²) in [6.07, 6.45) is 1.62. The molecule has 0 unspecified atom stereocenters. The summed E-state index contributed by atoms with van der Waals surface area (Å²) < 4.78 is 0. The summed E-state index contributed by atoms with van der Waals surface area (Å²) in [4.78, 5) is 25.6. The van der Waals surface area contributed by atoms with Crippen molar-refractivity contribution >= 4 is 12.2 Å². The summed E-state index contributed by atoms with van der Waals surface area (Å²) in [5.74, 6) is -0.0743. The van der Waals surface area contributed by atoms with Crippen LogP contribution in [0.1, 0.15) is 60.9 Å². The first-order valence-electron chi connectivity index (χ1n) is 6.83. The van der Waals surface area contributed by atoms with Crippen molar-refractivity contribution in [2.75, 3.05) is 0 Å². The maximum Gasteiger partial charge on any atom is 0.255 e. The quantitative estimate of drug-likeness (QED) is 0.762. The lowest BCUT2D eigenvalue weighted by atomic mass is 10.0. The zero-order valence-corrected chi connectivity index (χ0v) is 12.4. The fourth-order valence-corrected chi connectivity index (χ4v) is 2.33. The number of benzene rings is 1. The molecule has 0 aromatic heterocycles. The van der Waals surface area contributed by atoms with Gasteiger partial charge in [0.1, 0.15) is 0 Å². The molecule has 0 aliphatic heterocycles. The number of aldehydes is 1. The van der Waals surface area contributed by atoms with Crippen molar-refractivity contribution in [3.8, 4) is 0 Å². The van der Waals surface area contributed by atoms with Crippen LogP contribution in [0.25, 0.3) is 0 Å². The first-order valence-corrected chi connectivity index (χ1v) is 6.83. The van der Waals surface area contributed by atoms with Crippen LogP contribution in [0.2, 0.25) is 0 Å².